The van der Waals surface area contributed by atoms with Crippen LogP contribution >= 0.6 is 0 Å². The van der Waals surface area contributed by atoms with E-state index in [1.807, 2.05) is 56.3 Å². The van der Waals surface area contributed by atoms with Gasteiger partial charge in [0.2, 0.25) is 11.8 Å². The van der Waals surface area contributed by atoms with E-state index in [-0.39, 0.29) is 36.6 Å². The fraction of sp³-hybridized carbons (Fsp3) is 0.435. The van der Waals surface area contributed by atoms with Crippen molar-refractivity contribution in [3.63, 3.8) is 0 Å². The molecule has 2 unspecified atom stereocenters. The van der Waals surface area contributed by atoms with Crippen LogP contribution in [0, 0.1) is 5.92 Å². The molecule has 1 aliphatic rings. The lowest BCUT2D eigenvalue weighted by Crippen LogP contribution is -2.53. The molecule has 6 heteroatoms. The second-order valence-corrected chi connectivity index (χ2v) is 8.07. The summed E-state index contributed by atoms with van der Waals surface area (Å²) in [6, 6.07) is 12.9. The van der Waals surface area contributed by atoms with Crippen molar-refractivity contribution >= 4 is 28.6 Å². The van der Waals surface area contributed by atoms with E-state index >= 15 is 0 Å². The summed E-state index contributed by atoms with van der Waals surface area (Å²) in [6.45, 7) is 4.32. The summed E-state index contributed by atoms with van der Waals surface area (Å²) < 4.78 is 0. The summed E-state index contributed by atoms with van der Waals surface area (Å²) in [5.41, 5.74) is 0.890. The van der Waals surface area contributed by atoms with Crippen molar-refractivity contribution in [2.24, 2.45) is 5.92 Å². The highest BCUT2D eigenvalue weighted by Crippen LogP contribution is 2.23. The van der Waals surface area contributed by atoms with E-state index in [4.69, 9.17) is 5.11 Å². The Morgan fingerprint density at radius 1 is 1.14 bits per heavy atom. The zero-order chi connectivity index (χ0) is 21.0. The van der Waals surface area contributed by atoms with Crippen LogP contribution in [0.15, 0.2) is 42.5 Å². The van der Waals surface area contributed by atoms with Gasteiger partial charge in [-0.25, -0.2) is 0 Å². The summed E-state index contributed by atoms with van der Waals surface area (Å²) in [5.74, 6) is -1.39. The van der Waals surface area contributed by atoms with Crippen molar-refractivity contribution in [3.8, 4) is 0 Å². The number of rotatable bonds is 7. The number of carboxylic acids is 1. The first-order valence-electron chi connectivity index (χ1n) is 10.1. The molecular weight excluding hydrogens is 368 g/mol. The quantitative estimate of drug-likeness (QED) is 0.753. The number of nitrogens with one attached hydrogen (secondary N) is 1. The first-order valence-corrected chi connectivity index (χ1v) is 10.1. The number of nitrogens with zero attached hydrogens (tertiary/aromatic N) is 1. The third kappa shape index (κ3) is 5.13. The van der Waals surface area contributed by atoms with E-state index in [0.717, 1.165) is 22.8 Å². The van der Waals surface area contributed by atoms with Gasteiger partial charge >= 0.3 is 5.97 Å². The van der Waals surface area contributed by atoms with Crippen LogP contribution in [0.2, 0.25) is 0 Å². The van der Waals surface area contributed by atoms with Crippen molar-refractivity contribution in [2.75, 3.05) is 6.54 Å². The smallest absolute Gasteiger partial charge is 0.305 e. The number of likely N-dealkylation sites (tertiary alicyclic amines) is 1. The number of hydrogen-bond acceptors (Lipinski definition) is 3. The highest BCUT2D eigenvalue weighted by atomic mass is 16.4. The van der Waals surface area contributed by atoms with Gasteiger partial charge in [-0.2, -0.15) is 0 Å². The number of fused-ring (bicyclic) bond motifs is 1. The van der Waals surface area contributed by atoms with Gasteiger partial charge in [0.25, 0.3) is 0 Å². The first kappa shape index (κ1) is 20.8. The van der Waals surface area contributed by atoms with Crippen molar-refractivity contribution in [1.29, 1.82) is 0 Å². The van der Waals surface area contributed by atoms with Crippen LogP contribution in [0.4, 0.5) is 0 Å². The Kier molecular flexibility index (Phi) is 6.52. The van der Waals surface area contributed by atoms with Crippen LogP contribution in [0.5, 0.6) is 0 Å². The number of aliphatic carboxylic acids is 1. The van der Waals surface area contributed by atoms with Gasteiger partial charge in [-0.1, -0.05) is 56.3 Å². The third-order valence-corrected chi connectivity index (χ3v) is 5.50. The van der Waals surface area contributed by atoms with E-state index < -0.39 is 12.0 Å². The van der Waals surface area contributed by atoms with Crippen molar-refractivity contribution < 1.29 is 19.5 Å². The second kappa shape index (κ2) is 9.07. The molecule has 0 aromatic heterocycles. The molecule has 2 aromatic carbocycles. The predicted octanol–water partition coefficient (Wildman–Crippen LogP) is 2.99. The average Bonchev–Trinajstić information content (AvgIpc) is 3.12. The molecule has 0 spiro atoms. The van der Waals surface area contributed by atoms with Gasteiger partial charge < -0.3 is 15.3 Å². The number of hydrogen-bond donors (Lipinski definition) is 2. The molecule has 1 heterocycles. The Bertz CT molecular complexity index is 909. The molecular formula is C23H28N2O4. The maximum Gasteiger partial charge on any atom is 0.305 e. The fourth-order valence-corrected chi connectivity index (χ4v) is 3.99. The maximum absolute atomic E-state index is 13.1. The third-order valence-electron chi connectivity index (χ3n) is 5.50. The molecule has 2 N–H and O–H groups in total. The Labute approximate surface area is 170 Å². The van der Waals surface area contributed by atoms with Crippen molar-refractivity contribution in [2.45, 2.75) is 51.6 Å². The Hall–Kier alpha value is -2.89. The highest BCUT2D eigenvalue weighted by molar-refractivity contribution is 5.90. The van der Waals surface area contributed by atoms with Crippen molar-refractivity contribution in [3.05, 3.63) is 48.0 Å². The number of benzene rings is 2. The zero-order valence-electron chi connectivity index (χ0n) is 16.9. The molecule has 0 aliphatic carbocycles. The lowest BCUT2D eigenvalue weighted by atomic mass is 10.0. The van der Waals surface area contributed by atoms with Gasteiger partial charge in [-0.05, 0) is 35.1 Å². The van der Waals surface area contributed by atoms with Gasteiger partial charge in [0.15, 0.2) is 0 Å². The first-order chi connectivity index (χ1) is 13.8. The number of carbonyl (C=O) groups excluding carboxylic acids is 2. The summed E-state index contributed by atoms with van der Waals surface area (Å²) in [4.78, 5) is 38.5. The SMILES string of the molecule is CC(C)C(NC(=O)Cc1ccc2ccccc2c1)C(=O)N1CCCC1CC(=O)O. The summed E-state index contributed by atoms with van der Waals surface area (Å²) >= 11 is 0. The van der Waals surface area contributed by atoms with E-state index in [9.17, 15) is 14.4 Å². The van der Waals surface area contributed by atoms with Gasteiger partial charge in [-0.15, -0.1) is 0 Å². The molecule has 0 saturated carbocycles. The van der Waals surface area contributed by atoms with Crippen LogP contribution in [0.1, 0.15) is 38.7 Å². The molecule has 2 atom stereocenters. The van der Waals surface area contributed by atoms with E-state index in [1.165, 1.54) is 0 Å². The predicted molar refractivity (Wildman–Crippen MR) is 111 cm³/mol. The van der Waals surface area contributed by atoms with E-state index in [2.05, 4.69) is 5.32 Å². The Morgan fingerprint density at radius 2 is 1.86 bits per heavy atom. The van der Waals surface area contributed by atoms with E-state index in [0.29, 0.717) is 13.0 Å². The molecule has 154 valence electrons. The zero-order valence-corrected chi connectivity index (χ0v) is 16.9. The van der Waals surface area contributed by atoms with Crippen LogP contribution in [-0.2, 0) is 20.8 Å². The monoisotopic (exact) mass is 396 g/mol. The lowest BCUT2D eigenvalue weighted by Gasteiger charge is -2.30. The molecule has 6 nitrogen and oxygen atoms in total. The topological polar surface area (TPSA) is 86.7 Å². The molecule has 1 fully saturated rings. The minimum absolute atomic E-state index is 0.0540. The van der Waals surface area contributed by atoms with Crippen molar-refractivity contribution in [1.82, 2.24) is 10.2 Å². The fourth-order valence-electron chi connectivity index (χ4n) is 3.99. The second-order valence-electron chi connectivity index (χ2n) is 8.07. The van der Waals surface area contributed by atoms with Crippen LogP contribution < -0.4 is 5.32 Å². The Morgan fingerprint density at radius 3 is 2.55 bits per heavy atom. The van der Waals surface area contributed by atoms with E-state index in [1.54, 1.807) is 4.90 Å². The molecule has 2 aromatic rings. The number of carbonyl (C=O) groups is 3. The summed E-state index contributed by atoms with van der Waals surface area (Å²) in [6.07, 6.45) is 1.62. The largest absolute Gasteiger partial charge is 0.481 e. The number of amides is 2. The molecule has 29 heavy (non-hydrogen) atoms. The lowest BCUT2D eigenvalue weighted by molar-refractivity contribution is -0.142. The van der Waals surface area contributed by atoms with Gasteiger partial charge in [0, 0.05) is 12.6 Å². The molecule has 1 saturated heterocycles. The normalized spacial score (nSPS) is 17.5. The summed E-state index contributed by atoms with van der Waals surface area (Å²) in [7, 11) is 0. The van der Waals surface area contributed by atoms with Gasteiger partial charge in [0.1, 0.15) is 6.04 Å². The van der Waals surface area contributed by atoms with Crippen LogP contribution in [0.25, 0.3) is 10.8 Å². The van der Waals surface area contributed by atoms with Gasteiger partial charge in [-0.3, -0.25) is 14.4 Å². The molecule has 3 rings (SSSR count). The number of carboxylic acid groups (broad SMARTS) is 1. The maximum atomic E-state index is 13.1. The minimum atomic E-state index is -0.906. The standard InChI is InChI=1S/C23H28N2O4/c1-15(2)22(23(29)25-11-5-8-19(25)14-21(27)28)24-20(26)13-16-9-10-17-6-3-4-7-18(17)12-16/h3-4,6-7,9-10,12,15,19,22H,5,8,11,13-14H2,1-2H3,(H,24,26)(H,27,28). The highest BCUT2D eigenvalue weighted by Gasteiger charge is 2.36. The molecule has 1 aliphatic heterocycles. The van der Waals surface area contributed by atoms with Crippen LogP contribution in [0.3, 0.4) is 0 Å². The molecule has 2 amide bonds. The molecule has 0 radical (unpaired) electrons. The Balaban J connectivity index is 1.68. The summed E-state index contributed by atoms with van der Waals surface area (Å²) in [5, 5.41) is 14.2. The van der Waals surface area contributed by atoms with Crippen LogP contribution in [-0.4, -0.2) is 46.4 Å². The minimum Gasteiger partial charge on any atom is -0.481 e. The molecule has 0 bridgehead atoms. The van der Waals surface area contributed by atoms with Gasteiger partial charge in [0.05, 0.1) is 12.8 Å². The average molecular weight is 396 g/mol.